The number of benzene rings is 1. The first-order valence-corrected chi connectivity index (χ1v) is 7.07. The van der Waals surface area contributed by atoms with E-state index in [9.17, 15) is 0 Å². The number of pyridine rings is 1. The zero-order valence-corrected chi connectivity index (χ0v) is 12.9. The van der Waals surface area contributed by atoms with Crippen molar-refractivity contribution in [2.24, 2.45) is 0 Å². The van der Waals surface area contributed by atoms with Crippen molar-refractivity contribution in [1.82, 2.24) is 4.98 Å². The van der Waals surface area contributed by atoms with Crippen molar-refractivity contribution in [3.8, 4) is 0 Å². The van der Waals surface area contributed by atoms with Gasteiger partial charge in [0.2, 0.25) is 0 Å². The molecule has 20 heavy (non-hydrogen) atoms. The van der Waals surface area contributed by atoms with Crippen molar-refractivity contribution < 1.29 is 9.47 Å². The van der Waals surface area contributed by atoms with Crippen LogP contribution in [0.1, 0.15) is 25.8 Å². The number of methoxy groups -OCH3 is 1. The molecule has 0 unspecified atom stereocenters. The summed E-state index contributed by atoms with van der Waals surface area (Å²) in [5.74, 6) is 0. The molecule has 2 rings (SSSR count). The predicted octanol–water partition coefficient (Wildman–Crippen LogP) is 4.22. The first kappa shape index (κ1) is 15.2. The molecule has 1 heterocycles. The third-order valence-corrected chi connectivity index (χ3v) is 3.74. The second-order valence-corrected chi connectivity index (χ2v) is 5.76. The highest BCUT2D eigenvalue weighted by molar-refractivity contribution is 6.30. The Bertz CT molecular complexity index is 584. The number of halogens is 1. The summed E-state index contributed by atoms with van der Waals surface area (Å²) in [7, 11) is 1.71. The first-order chi connectivity index (χ1) is 9.52. The van der Waals surface area contributed by atoms with Crippen LogP contribution in [0.2, 0.25) is 5.15 Å². The number of aromatic nitrogens is 1. The summed E-state index contributed by atoms with van der Waals surface area (Å²) in [5.41, 5.74) is 1.66. The molecule has 0 aliphatic carbocycles. The molecule has 0 fully saturated rings. The van der Waals surface area contributed by atoms with Crippen LogP contribution >= 0.6 is 11.6 Å². The van der Waals surface area contributed by atoms with E-state index >= 15 is 0 Å². The Balaban J connectivity index is 1.98. The van der Waals surface area contributed by atoms with Gasteiger partial charge in [0.1, 0.15) is 5.15 Å². The highest BCUT2D eigenvalue weighted by Crippen LogP contribution is 2.21. The number of para-hydroxylation sites is 1. The monoisotopic (exact) mass is 293 g/mol. The Morgan fingerprint density at radius 2 is 2.00 bits per heavy atom. The second kappa shape index (κ2) is 6.53. The van der Waals surface area contributed by atoms with Gasteiger partial charge in [0.05, 0.1) is 17.7 Å². The summed E-state index contributed by atoms with van der Waals surface area (Å²) >= 11 is 6.18. The van der Waals surface area contributed by atoms with Gasteiger partial charge in [-0.25, -0.2) is 4.98 Å². The number of ether oxygens (including phenoxy) is 2. The summed E-state index contributed by atoms with van der Waals surface area (Å²) in [6, 6.07) is 9.95. The van der Waals surface area contributed by atoms with Crippen LogP contribution < -0.4 is 0 Å². The topological polar surface area (TPSA) is 31.4 Å². The fraction of sp³-hybridized carbons (Fsp3) is 0.438. The molecular formula is C16H20ClNO2. The summed E-state index contributed by atoms with van der Waals surface area (Å²) < 4.78 is 11.0. The second-order valence-electron chi connectivity index (χ2n) is 5.40. The van der Waals surface area contributed by atoms with E-state index in [4.69, 9.17) is 21.1 Å². The average molecular weight is 294 g/mol. The van der Waals surface area contributed by atoms with Crippen LogP contribution in [0.4, 0.5) is 0 Å². The summed E-state index contributed by atoms with van der Waals surface area (Å²) in [4.78, 5) is 4.38. The lowest BCUT2D eigenvalue weighted by molar-refractivity contribution is -0.0124. The molecule has 0 aliphatic heterocycles. The molecule has 1 aromatic carbocycles. The lowest BCUT2D eigenvalue weighted by Crippen LogP contribution is -2.24. The van der Waals surface area contributed by atoms with Crippen molar-refractivity contribution >= 4 is 22.5 Å². The van der Waals surface area contributed by atoms with Crippen molar-refractivity contribution in [1.29, 1.82) is 0 Å². The molecule has 2 aromatic rings. The van der Waals surface area contributed by atoms with Gasteiger partial charge in [-0.2, -0.15) is 0 Å². The normalized spacial score (nSPS) is 12.0. The number of fused-ring (bicyclic) bond motifs is 1. The fourth-order valence-corrected chi connectivity index (χ4v) is 2.04. The maximum atomic E-state index is 6.18. The van der Waals surface area contributed by atoms with Crippen molar-refractivity contribution in [2.45, 2.75) is 32.5 Å². The van der Waals surface area contributed by atoms with Crippen molar-refractivity contribution in [3.63, 3.8) is 0 Å². The summed E-state index contributed by atoms with van der Waals surface area (Å²) in [6.07, 6.45) is 0.835. The Labute approximate surface area is 124 Å². The molecule has 0 spiro atoms. The molecule has 4 heteroatoms. The zero-order valence-electron chi connectivity index (χ0n) is 12.1. The van der Waals surface area contributed by atoms with E-state index < -0.39 is 0 Å². The largest absolute Gasteiger partial charge is 0.379 e. The zero-order chi connectivity index (χ0) is 14.6. The molecule has 3 nitrogen and oxygen atoms in total. The van der Waals surface area contributed by atoms with Gasteiger partial charge in [-0.3, -0.25) is 0 Å². The number of rotatable bonds is 6. The van der Waals surface area contributed by atoms with Gasteiger partial charge in [0.15, 0.2) is 0 Å². The van der Waals surface area contributed by atoms with Crippen LogP contribution in [0.3, 0.4) is 0 Å². The molecule has 108 valence electrons. The lowest BCUT2D eigenvalue weighted by Gasteiger charge is -2.22. The van der Waals surface area contributed by atoms with Crippen molar-refractivity contribution in [3.05, 3.63) is 41.0 Å². The van der Waals surface area contributed by atoms with Crippen LogP contribution in [0.5, 0.6) is 0 Å². The maximum absolute atomic E-state index is 6.18. The summed E-state index contributed by atoms with van der Waals surface area (Å²) in [5, 5.41) is 1.59. The highest BCUT2D eigenvalue weighted by atomic mass is 35.5. The van der Waals surface area contributed by atoms with E-state index in [0.29, 0.717) is 18.4 Å². The molecule has 1 aromatic heterocycles. The van der Waals surface area contributed by atoms with Crippen LogP contribution in [0.15, 0.2) is 30.3 Å². The summed E-state index contributed by atoms with van der Waals surface area (Å²) in [6.45, 7) is 5.18. The molecule has 0 saturated carbocycles. The van der Waals surface area contributed by atoms with Crippen molar-refractivity contribution in [2.75, 3.05) is 13.7 Å². The standard InChI is InChI=1S/C16H20ClNO2/c1-16(2,19-3)8-9-20-11-13-10-12-6-4-5-7-14(12)18-15(13)17/h4-7,10H,8-9,11H2,1-3H3. The molecule has 0 saturated heterocycles. The van der Waals surface area contributed by atoms with Gasteiger partial charge >= 0.3 is 0 Å². The lowest BCUT2D eigenvalue weighted by atomic mass is 10.1. The van der Waals surface area contributed by atoms with Crippen LogP contribution in [0.25, 0.3) is 10.9 Å². The molecule has 0 aliphatic rings. The van der Waals surface area contributed by atoms with Crippen LogP contribution in [-0.2, 0) is 16.1 Å². The van der Waals surface area contributed by atoms with E-state index in [0.717, 1.165) is 22.9 Å². The van der Waals surface area contributed by atoms with Gasteiger partial charge in [0, 0.05) is 24.7 Å². The molecule has 0 bridgehead atoms. The third-order valence-electron chi connectivity index (χ3n) is 3.41. The van der Waals surface area contributed by atoms with E-state index in [1.54, 1.807) is 7.11 Å². The predicted molar refractivity (Wildman–Crippen MR) is 82.1 cm³/mol. The van der Waals surface area contributed by atoms with Gasteiger partial charge in [-0.1, -0.05) is 29.8 Å². The van der Waals surface area contributed by atoms with E-state index in [-0.39, 0.29) is 5.60 Å². The quantitative estimate of drug-likeness (QED) is 0.590. The Morgan fingerprint density at radius 3 is 2.75 bits per heavy atom. The number of nitrogens with zero attached hydrogens (tertiary/aromatic N) is 1. The van der Waals surface area contributed by atoms with Gasteiger partial charge in [-0.15, -0.1) is 0 Å². The Hall–Kier alpha value is -1.16. The third kappa shape index (κ3) is 3.92. The Kier molecular flexibility index (Phi) is 4.97. The minimum atomic E-state index is -0.161. The molecule has 0 amide bonds. The molecule has 0 N–H and O–H groups in total. The number of hydrogen-bond acceptors (Lipinski definition) is 3. The van der Waals surface area contributed by atoms with Crippen LogP contribution in [0, 0.1) is 0 Å². The highest BCUT2D eigenvalue weighted by Gasteiger charge is 2.15. The molecule has 0 radical (unpaired) electrons. The van der Waals surface area contributed by atoms with Gasteiger partial charge < -0.3 is 9.47 Å². The first-order valence-electron chi connectivity index (χ1n) is 6.69. The Morgan fingerprint density at radius 1 is 1.25 bits per heavy atom. The fourth-order valence-electron chi connectivity index (χ4n) is 1.84. The molecular weight excluding hydrogens is 274 g/mol. The smallest absolute Gasteiger partial charge is 0.135 e. The maximum Gasteiger partial charge on any atom is 0.135 e. The van der Waals surface area contributed by atoms with E-state index in [1.807, 2.05) is 44.2 Å². The van der Waals surface area contributed by atoms with E-state index in [2.05, 4.69) is 4.98 Å². The van der Waals surface area contributed by atoms with E-state index in [1.165, 1.54) is 0 Å². The van der Waals surface area contributed by atoms with Gasteiger partial charge in [0.25, 0.3) is 0 Å². The minimum absolute atomic E-state index is 0.161. The average Bonchev–Trinajstić information content (AvgIpc) is 2.44. The SMILES string of the molecule is COC(C)(C)CCOCc1cc2ccccc2nc1Cl. The minimum Gasteiger partial charge on any atom is -0.379 e. The molecule has 0 atom stereocenters. The number of hydrogen-bond donors (Lipinski definition) is 0. The van der Waals surface area contributed by atoms with Crippen LogP contribution in [-0.4, -0.2) is 24.3 Å². The van der Waals surface area contributed by atoms with Gasteiger partial charge in [-0.05, 0) is 32.4 Å².